The monoisotopic (exact) mass is 1370 g/mol. The molecule has 0 aliphatic rings. The number of hydrogen-bond acceptors (Lipinski definition) is 12. The number of urea groups is 7. The highest BCUT2D eigenvalue weighted by molar-refractivity contribution is 5.85. The molecule has 0 aliphatic heterocycles. The maximum atomic E-state index is 13.9. The normalized spacial score (nSPS) is 13.7. The topological polar surface area (TPSA) is 546 Å². The Morgan fingerprint density at radius 3 is 1.21 bits per heavy atom. The SMILES string of the molecule is CC(C)[C@H](N)CNC(=O)N[C@H](CNC(=O)N[C@H](CNC(=O)N[C@H](CNC(=O)N[C@@H](CCCN=C(N)N)CNC(=O)N[C@H](CNC(=O)N[C@@H](CCCN=C(N)N)CNC(=O)N[C@H](CCC(N)=O)C(C)C)Cc1c[nH]c2ccccc12)C(C)C)Cc1c[nH]c2ccccc12)Cc1cnc[nH]1. The molecule has 98 heavy (non-hydrogen) atoms. The lowest BCUT2D eigenvalue weighted by Gasteiger charge is -2.26. The van der Waals surface area contributed by atoms with Crippen LogP contribution in [0.3, 0.4) is 0 Å². The third kappa shape index (κ3) is 30.1. The van der Waals surface area contributed by atoms with Gasteiger partial charge in [0.1, 0.15) is 0 Å². The second kappa shape index (κ2) is 41.5. The Morgan fingerprint density at radius 2 is 0.816 bits per heavy atom. The van der Waals surface area contributed by atoms with Crippen LogP contribution in [-0.4, -0.2) is 187 Å². The summed E-state index contributed by atoms with van der Waals surface area (Å²) < 4.78 is 0. The molecular formula is C64H106N26O8. The smallest absolute Gasteiger partial charge is 0.315 e. The summed E-state index contributed by atoms with van der Waals surface area (Å²) in [5.74, 6) is -0.690. The van der Waals surface area contributed by atoms with Gasteiger partial charge in [0.15, 0.2) is 11.9 Å². The number of carbonyl (C=O) groups excluding carboxylic acids is 8. The van der Waals surface area contributed by atoms with Crippen molar-refractivity contribution in [1.82, 2.24) is 94.4 Å². The summed E-state index contributed by atoms with van der Waals surface area (Å²) in [7, 11) is 0. The molecule has 540 valence electrons. The molecule has 3 aromatic heterocycles. The number of primary amides is 1. The van der Waals surface area contributed by atoms with Gasteiger partial charge in [-0.25, -0.2) is 38.5 Å². The van der Waals surface area contributed by atoms with E-state index in [0.717, 1.165) is 38.6 Å². The summed E-state index contributed by atoms with van der Waals surface area (Å²) in [6.07, 6.45) is 9.83. The van der Waals surface area contributed by atoms with Crippen LogP contribution >= 0.6 is 0 Å². The minimum Gasteiger partial charge on any atom is -0.370 e. The highest BCUT2D eigenvalue weighted by Gasteiger charge is 2.26. The summed E-state index contributed by atoms with van der Waals surface area (Å²) in [5.41, 5.74) is 38.1. The number of aromatic nitrogens is 4. The Morgan fingerprint density at radius 1 is 0.439 bits per heavy atom. The summed E-state index contributed by atoms with van der Waals surface area (Å²) >= 11 is 0. The van der Waals surface area contributed by atoms with E-state index >= 15 is 0 Å². The lowest BCUT2D eigenvalue weighted by Crippen LogP contribution is -2.56. The molecule has 0 radical (unpaired) electrons. The molecule has 3 heterocycles. The average molecular weight is 1370 g/mol. The van der Waals surface area contributed by atoms with Crippen LogP contribution in [0.15, 0.2) is 83.4 Å². The molecular weight excluding hydrogens is 1260 g/mol. The van der Waals surface area contributed by atoms with Gasteiger partial charge in [-0.1, -0.05) is 77.9 Å². The van der Waals surface area contributed by atoms with Gasteiger partial charge in [0.05, 0.1) is 30.5 Å². The molecule has 34 heteroatoms. The molecule has 0 spiro atoms. The number of nitrogens with one attached hydrogen (secondary N) is 17. The van der Waals surface area contributed by atoms with E-state index in [9.17, 15) is 38.4 Å². The first-order valence-corrected chi connectivity index (χ1v) is 33.3. The van der Waals surface area contributed by atoms with Crippen molar-refractivity contribution in [1.29, 1.82) is 0 Å². The van der Waals surface area contributed by atoms with Gasteiger partial charge < -0.3 is 124 Å². The number of nitrogens with two attached hydrogens (primary N) is 6. The first kappa shape index (κ1) is 78.3. The average Bonchev–Trinajstić information content (AvgIpc) is 1.69. The number of H-pyrrole nitrogens is 3. The van der Waals surface area contributed by atoms with Gasteiger partial charge in [-0.3, -0.25) is 14.8 Å². The maximum Gasteiger partial charge on any atom is 0.315 e. The number of hydrogen-bond donors (Lipinski definition) is 23. The number of benzene rings is 2. The highest BCUT2D eigenvalue weighted by atomic mass is 16.2. The van der Waals surface area contributed by atoms with Gasteiger partial charge in [0.2, 0.25) is 5.91 Å². The van der Waals surface area contributed by atoms with E-state index in [1.807, 2.05) is 102 Å². The number of imidazole rings is 1. The number of fused-ring (bicyclic) bond motifs is 2. The molecule has 34 nitrogen and oxygen atoms in total. The van der Waals surface area contributed by atoms with E-state index in [1.54, 1.807) is 6.20 Å². The number of aromatic amines is 3. The molecule has 15 amide bonds. The number of guanidine groups is 2. The van der Waals surface area contributed by atoms with Crippen molar-refractivity contribution in [3.8, 4) is 0 Å². The van der Waals surface area contributed by atoms with Crippen LogP contribution < -0.4 is 109 Å². The van der Waals surface area contributed by atoms with Crippen LogP contribution in [0.4, 0.5) is 33.6 Å². The third-order valence-electron chi connectivity index (χ3n) is 16.3. The number of para-hydroxylation sites is 2. The Kier molecular flexibility index (Phi) is 33.2. The van der Waals surface area contributed by atoms with Crippen molar-refractivity contribution >= 4 is 81.8 Å². The highest BCUT2D eigenvalue weighted by Crippen LogP contribution is 2.21. The first-order chi connectivity index (χ1) is 46.8. The predicted molar refractivity (Wildman–Crippen MR) is 379 cm³/mol. The van der Waals surface area contributed by atoms with Gasteiger partial charge in [0.25, 0.3) is 0 Å². The molecule has 0 saturated carbocycles. The first-order valence-electron chi connectivity index (χ1n) is 33.3. The summed E-state index contributed by atoms with van der Waals surface area (Å²) in [6, 6.07) is 7.34. The zero-order valence-corrected chi connectivity index (χ0v) is 57.1. The molecule has 8 atom stereocenters. The van der Waals surface area contributed by atoms with Crippen LogP contribution in [0.2, 0.25) is 0 Å². The number of rotatable bonds is 41. The van der Waals surface area contributed by atoms with Gasteiger partial charge in [-0.2, -0.15) is 0 Å². The van der Waals surface area contributed by atoms with Crippen molar-refractivity contribution in [2.75, 3.05) is 58.9 Å². The van der Waals surface area contributed by atoms with E-state index in [4.69, 9.17) is 34.4 Å². The maximum absolute atomic E-state index is 13.9. The quantitative estimate of drug-likeness (QED) is 0.0146. The van der Waals surface area contributed by atoms with Crippen LogP contribution in [0.1, 0.15) is 96.9 Å². The van der Waals surface area contributed by atoms with Crippen molar-refractivity contribution in [2.24, 2.45) is 62.1 Å². The molecule has 5 rings (SSSR count). The number of carbonyl (C=O) groups is 8. The van der Waals surface area contributed by atoms with E-state index in [0.29, 0.717) is 44.9 Å². The Bertz CT molecular complexity index is 3340. The summed E-state index contributed by atoms with van der Waals surface area (Å²) in [4.78, 5) is 128. The zero-order chi connectivity index (χ0) is 71.5. The van der Waals surface area contributed by atoms with Crippen molar-refractivity contribution in [2.45, 2.75) is 148 Å². The van der Waals surface area contributed by atoms with E-state index < -0.39 is 84.4 Å². The minimum atomic E-state index is -0.681. The van der Waals surface area contributed by atoms with Crippen molar-refractivity contribution in [3.63, 3.8) is 0 Å². The molecule has 0 unspecified atom stereocenters. The Labute approximate surface area is 571 Å². The lowest BCUT2D eigenvalue weighted by atomic mass is 9.99. The third-order valence-corrected chi connectivity index (χ3v) is 16.3. The largest absolute Gasteiger partial charge is 0.370 e. The molecule has 2 aromatic carbocycles. The van der Waals surface area contributed by atoms with Crippen LogP contribution in [0, 0.1) is 17.8 Å². The number of nitrogens with zero attached hydrogens (tertiary/aromatic N) is 3. The summed E-state index contributed by atoms with van der Waals surface area (Å²) in [6.45, 7) is 12.3. The van der Waals surface area contributed by atoms with Gasteiger partial charge in [0, 0.05) is 142 Å². The van der Waals surface area contributed by atoms with Crippen LogP contribution in [0.5, 0.6) is 0 Å². The van der Waals surface area contributed by atoms with E-state index in [-0.39, 0.29) is 114 Å². The van der Waals surface area contributed by atoms with Gasteiger partial charge in [-0.15, -0.1) is 0 Å². The molecule has 0 fully saturated rings. The van der Waals surface area contributed by atoms with Gasteiger partial charge >= 0.3 is 42.2 Å². The van der Waals surface area contributed by atoms with Crippen molar-refractivity contribution < 1.29 is 38.4 Å². The fourth-order valence-electron chi connectivity index (χ4n) is 10.5. The minimum absolute atomic E-state index is 0.000328. The molecule has 0 aliphatic carbocycles. The van der Waals surface area contributed by atoms with Gasteiger partial charge in [-0.05, 0) is 86.0 Å². The second-order valence-corrected chi connectivity index (χ2v) is 25.4. The molecule has 0 saturated heterocycles. The van der Waals surface area contributed by atoms with E-state index in [1.165, 1.54) is 6.33 Å². The molecule has 29 N–H and O–H groups in total. The molecule has 5 aromatic rings. The van der Waals surface area contributed by atoms with Crippen molar-refractivity contribution in [3.05, 3.63) is 90.3 Å². The number of aliphatic imine (C=N–C) groups is 2. The Hall–Kier alpha value is -10.4. The number of amides is 15. The fourth-order valence-corrected chi connectivity index (χ4v) is 10.5. The standard InChI is InChI=1S/C64H106N26O8/c1-37(2)50(65)34-81-61(95)88-47(25-44-28-71-36-83-44)33-79-60(94)87-46(24-41-27-75-53-18-10-8-16-49(41)53)32-80-64(98)90-54(39(5)6)35-82-62(96)85-42(13-11-21-72-56(67)68)29-76-59(93)86-45(23-40-26-74-52-17-9-7-15-48(40)52)31-78-58(92)84-43(14-12-22-73-57(69)70)30-77-63(97)89-51(38(3)4)19-20-55(66)91/h7-10,15-18,26-28,36-39,42-43,45-47,50-51,54,74-75H,11-14,19-25,29-35,65H2,1-6H3,(H2,66,91)(H,71,83)(H4,67,68,72)(H4,69,70,73)(H2,76,86,93)(H2,77,89,97)(H2,78,84,92)(H2,79,87,94)(H2,80,90,98)(H2,81,88,95)(H2,82,85,96)/t42-,43-,45-,46-,47-,50+,51+,54+/m0/s1. The molecule has 0 bridgehead atoms. The predicted octanol–water partition coefficient (Wildman–Crippen LogP) is 0.743. The Balaban J connectivity index is 1.20. The fraction of sp³-hybridized carbons (Fsp3) is 0.547. The van der Waals surface area contributed by atoms with E-state index in [2.05, 4.69) is 104 Å². The zero-order valence-electron chi connectivity index (χ0n) is 57.1. The second-order valence-electron chi connectivity index (χ2n) is 25.4. The lowest BCUT2D eigenvalue weighted by molar-refractivity contribution is -0.118. The van der Waals surface area contributed by atoms with Crippen LogP contribution in [0.25, 0.3) is 21.8 Å². The van der Waals surface area contributed by atoms with Crippen LogP contribution in [-0.2, 0) is 24.1 Å². The summed E-state index contributed by atoms with van der Waals surface area (Å²) in [5, 5.41) is 42.5.